The molecule has 84 valence electrons. The fraction of sp³-hybridized carbons (Fsp3) is 0.357. The van der Waals surface area contributed by atoms with E-state index in [0.29, 0.717) is 12.3 Å². The van der Waals surface area contributed by atoms with Crippen LogP contribution in [0.25, 0.3) is 0 Å². The van der Waals surface area contributed by atoms with Crippen molar-refractivity contribution in [1.82, 2.24) is 0 Å². The molecule has 1 aromatic rings. The molecule has 1 amide bonds. The van der Waals surface area contributed by atoms with Gasteiger partial charge in [-0.05, 0) is 37.8 Å². The molecular weight excluding hydrogens is 198 g/mol. The fourth-order valence-electron chi connectivity index (χ4n) is 1.95. The highest BCUT2D eigenvalue weighted by atomic mass is 16.1. The molecule has 0 aromatic heterocycles. The summed E-state index contributed by atoms with van der Waals surface area (Å²) < 4.78 is 0. The van der Waals surface area contributed by atoms with E-state index in [1.807, 2.05) is 31.2 Å². The van der Waals surface area contributed by atoms with Gasteiger partial charge in [0.05, 0.1) is 0 Å². The Morgan fingerprint density at radius 1 is 1.38 bits per heavy atom. The van der Waals surface area contributed by atoms with Crippen LogP contribution in [-0.2, 0) is 4.79 Å². The van der Waals surface area contributed by atoms with Gasteiger partial charge >= 0.3 is 0 Å². The number of nitrogens with one attached hydrogen (secondary N) is 1. The number of anilines is 1. The molecule has 16 heavy (non-hydrogen) atoms. The molecule has 0 spiro atoms. The highest BCUT2D eigenvalue weighted by Gasteiger charge is 2.13. The van der Waals surface area contributed by atoms with Crippen LogP contribution >= 0.6 is 0 Å². The summed E-state index contributed by atoms with van der Waals surface area (Å²) in [5.74, 6) is 0.547. The largest absolute Gasteiger partial charge is 0.326 e. The molecule has 1 aromatic carbocycles. The summed E-state index contributed by atoms with van der Waals surface area (Å²) in [5.41, 5.74) is 2.09. The second-order valence-electron chi connectivity index (χ2n) is 4.38. The lowest BCUT2D eigenvalue weighted by molar-refractivity contribution is -0.116. The first-order chi connectivity index (χ1) is 7.74. The van der Waals surface area contributed by atoms with E-state index in [4.69, 9.17) is 0 Å². The summed E-state index contributed by atoms with van der Waals surface area (Å²) in [6, 6.07) is 7.89. The molecule has 0 radical (unpaired) electrons. The van der Waals surface area contributed by atoms with Crippen molar-refractivity contribution in [3.8, 4) is 0 Å². The number of rotatable bonds is 3. The van der Waals surface area contributed by atoms with E-state index in [9.17, 15) is 4.79 Å². The quantitative estimate of drug-likeness (QED) is 0.770. The van der Waals surface area contributed by atoms with Crippen molar-refractivity contribution in [3.63, 3.8) is 0 Å². The van der Waals surface area contributed by atoms with Gasteiger partial charge in [0.2, 0.25) is 5.91 Å². The lowest BCUT2D eigenvalue weighted by Crippen LogP contribution is -2.14. The fourth-order valence-corrected chi connectivity index (χ4v) is 1.95. The number of hydrogen-bond acceptors (Lipinski definition) is 1. The summed E-state index contributed by atoms with van der Waals surface area (Å²) in [7, 11) is 0. The van der Waals surface area contributed by atoms with Gasteiger partial charge < -0.3 is 5.32 Å². The summed E-state index contributed by atoms with van der Waals surface area (Å²) >= 11 is 0. The molecule has 2 heteroatoms. The van der Waals surface area contributed by atoms with Crippen LogP contribution in [0.3, 0.4) is 0 Å². The van der Waals surface area contributed by atoms with Crippen molar-refractivity contribution in [2.24, 2.45) is 5.92 Å². The van der Waals surface area contributed by atoms with Crippen molar-refractivity contribution in [2.75, 3.05) is 5.32 Å². The molecule has 0 aliphatic heterocycles. The zero-order chi connectivity index (χ0) is 11.4. The number of carbonyl (C=O) groups excluding carboxylic acids is 1. The molecule has 2 nitrogen and oxygen atoms in total. The van der Waals surface area contributed by atoms with Crippen molar-refractivity contribution in [1.29, 1.82) is 0 Å². The molecule has 0 saturated heterocycles. The summed E-state index contributed by atoms with van der Waals surface area (Å²) in [5, 5.41) is 2.92. The average molecular weight is 215 g/mol. The SMILES string of the molecule is Cc1ccc(NC(=O)CC2C=CCC2)cc1. The van der Waals surface area contributed by atoms with Crippen LogP contribution in [-0.4, -0.2) is 5.91 Å². The number of aryl methyl sites for hydroxylation is 1. The summed E-state index contributed by atoms with van der Waals surface area (Å²) in [6.45, 7) is 2.04. The Hall–Kier alpha value is -1.57. The molecule has 1 N–H and O–H groups in total. The van der Waals surface area contributed by atoms with E-state index < -0.39 is 0 Å². The Balaban J connectivity index is 1.86. The molecular formula is C14H17NO. The number of hydrogen-bond donors (Lipinski definition) is 1. The second kappa shape index (κ2) is 4.97. The predicted molar refractivity (Wildman–Crippen MR) is 66.3 cm³/mol. The number of allylic oxidation sites excluding steroid dienone is 2. The average Bonchev–Trinajstić information content (AvgIpc) is 2.74. The topological polar surface area (TPSA) is 29.1 Å². The van der Waals surface area contributed by atoms with Crippen LogP contribution in [0.5, 0.6) is 0 Å². The first-order valence-electron chi connectivity index (χ1n) is 5.77. The highest BCUT2D eigenvalue weighted by Crippen LogP contribution is 2.21. The van der Waals surface area contributed by atoms with Gasteiger partial charge in [0.25, 0.3) is 0 Å². The number of carbonyl (C=O) groups is 1. The van der Waals surface area contributed by atoms with Crippen LogP contribution in [0.1, 0.15) is 24.8 Å². The Kier molecular flexibility index (Phi) is 3.40. The maximum absolute atomic E-state index is 11.7. The number of benzene rings is 1. The van der Waals surface area contributed by atoms with Gasteiger partial charge in [0, 0.05) is 12.1 Å². The molecule has 1 aliphatic rings. The Labute approximate surface area is 96.4 Å². The number of amides is 1. The van der Waals surface area contributed by atoms with Gasteiger partial charge in [-0.3, -0.25) is 4.79 Å². The van der Waals surface area contributed by atoms with Crippen LogP contribution in [0, 0.1) is 12.8 Å². The summed E-state index contributed by atoms with van der Waals surface area (Å²) in [4.78, 5) is 11.7. The van der Waals surface area contributed by atoms with Crippen molar-refractivity contribution in [3.05, 3.63) is 42.0 Å². The molecule has 0 fully saturated rings. The van der Waals surface area contributed by atoms with Gasteiger partial charge in [0.1, 0.15) is 0 Å². The van der Waals surface area contributed by atoms with Crippen LogP contribution in [0.2, 0.25) is 0 Å². The van der Waals surface area contributed by atoms with E-state index in [1.165, 1.54) is 5.56 Å². The van der Waals surface area contributed by atoms with Gasteiger partial charge in [0.15, 0.2) is 0 Å². The Morgan fingerprint density at radius 3 is 2.75 bits per heavy atom. The van der Waals surface area contributed by atoms with E-state index in [-0.39, 0.29) is 5.91 Å². The smallest absolute Gasteiger partial charge is 0.224 e. The van der Waals surface area contributed by atoms with Crippen LogP contribution in [0.15, 0.2) is 36.4 Å². The minimum absolute atomic E-state index is 0.111. The highest BCUT2D eigenvalue weighted by molar-refractivity contribution is 5.90. The van der Waals surface area contributed by atoms with E-state index in [2.05, 4.69) is 17.5 Å². The van der Waals surface area contributed by atoms with Crippen molar-refractivity contribution >= 4 is 11.6 Å². The Morgan fingerprint density at radius 2 is 2.12 bits per heavy atom. The first-order valence-corrected chi connectivity index (χ1v) is 5.77. The molecule has 0 heterocycles. The second-order valence-corrected chi connectivity index (χ2v) is 4.38. The van der Waals surface area contributed by atoms with Gasteiger partial charge in [-0.1, -0.05) is 29.8 Å². The third kappa shape index (κ3) is 2.96. The van der Waals surface area contributed by atoms with E-state index in [0.717, 1.165) is 18.5 Å². The minimum atomic E-state index is 0.111. The molecule has 0 bridgehead atoms. The monoisotopic (exact) mass is 215 g/mol. The lowest BCUT2D eigenvalue weighted by atomic mass is 10.1. The zero-order valence-electron chi connectivity index (χ0n) is 9.57. The zero-order valence-corrected chi connectivity index (χ0v) is 9.57. The maximum atomic E-state index is 11.7. The Bertz CT molecular complexity index is 392. The third-order valence-electron chi connectivity index (χ3n) is 2.90. The van der Waals surface area contributed by atoms with Gasteiger partial charge in [-0.2, -0.15) is 0 Å². The molecule has 1 unspecified atom stereocenters. The normalized spacial score (nSPS) is 18.7. The molecule has 2 rings (SSSR count). The predicted octanol–water partition coefficient (Wildman–Crippen LogP) is 3.29. The van der Waals surface area contributed by atoms with E-state index in [1.54, 1.807) is 0 Å². The first kappa shape index (κ1) is 10.9. The third-order valence-corrected chi connectivity index (χ3v) is 2.90. The molecule has 1 aliphatic carbocycles. The molecule has 1 atom stereocenters. The molecule has 0 saturated carbocycles. The van der Waals surface area contributed by atoms with Crippen LogP contribution < -0.4 is 5.32 Å². The summed E-state index contributed by atoms with van der Waals surface area (Å²) in [6.07, 6.45) is 7.13. The standard InChI is InChI=1S/C14H17NO/c1-11-6-8-13(9-7-11)15-14(16)10-12-4-2-3-5-12/h2,4,6-9,12H,3,5,10H2,1H3,(H,15,16). The lowest BCUT2D eigenvalue weighted by Gasteiger charge is -2.08. The van der Waals surface area contributed by atoms with E-state index >= 15 is 0 Å². The van der Waals surface area contributed by atoms with Gasteiger partial charge in [-0.15, -0.1) is 0 Å². The van der Waals surface area contributed by atoms with Crippen LogP contribution in [0.4, 0.5) is 5.69 Å². The van der Waals surface area contributed by atoms with Gasteiger partial charge in [-0.25, -0.2) is 0 Å². The maximum Gasteiger partial charge on any atom is 0.224 e. The minimum Gasteiger partial charge on any atom is -0.326 e. The van der Waals surface area contributed by atoms with Crippen molar-refractivity contribution < 1.29 is 4.79 Å². The van der Waals surface area contributed by atoms with Crippen molar-refractivity contribution in [2.45, 2.75) is 26.2 Å².